The van der Waals surface area contributed by atoms with Crippen LogP contribution in [0.2, 0.25) is 18.1 Å². The van der Waals surface area contributed by atoms with E-state index >= 15 is 0 Å². The third-order valence-corrected chi connectivity index (χ3v) is 8.86. The van der Waals surface area contributed by atoms with Gasteiger partial charge in [-0.2, -0.15) is 0 Å². The summed E-state index contributed by atoms with van der Waals surface area (Å²) >= 11 is 0. The van der Waals surface area contributed by atoms with Gasteiger partial charge in [-0.3, -0.25) is 4.79 Å². The summed E-state index contributed by atoms with van der Waals surface area (Å²) in [4.78, 5) is 12.1. The zero-order chi connectivity index (χ0) is 17.0. The van der Waals surface area contributed by atoms with Gasteiger partial charge >= 0.3 is 5.97 Å². The Balaban J connectivity index is 2.55. The minimum atomic E-state index is -1.95. The van der Waals surface area contributed by atoms with E-state index in [9.17, 15) is 4.79 Å². The average molecular weight is 324 g/mol. The van der Waals surface area contributed by atoms with E-state index in [-0.39, 0.29) is 17.7 Å². The van der Waals surface area contributed by atoms with Crippen molar-refractivity contribution >= 4 is 14.3 Å². The lowest BCUT2D eigenvalue weighted by Gasteiger charge is -2.39. The van der Waals surface area contributed by atoms with E-state index in [1.807, 2.05) is 37.3 Å². The minimum absolute atomic E-state index is 0.0783. The summed E-state index contributed by atoms with van der Waals surface area (Å²) in [5.41, 5.74) is 6.94. The Labute approximate surface area is 135 Å². The summed E-state index contributed by atoms with van der Waals surface area (Å²) in [5, 5.41) is 0.0783. The Morgan fingerprint density at radius 2 is 1.77 bits per heavy atom. The fraction of sp³-hybridized carbons (Fsp3) is 0.588. The van der Waals surface area contributed by atoms with Crippen LogP contribution in [-0.2, 0) is 20.6 Å². The third-order valence-electron chi connectivity index (χ3n) is 4.29. The highest BCUT2D eigenvalue weighted by atomic mass is 28.4. The summed E-state index contributed by atoms with van der Waals surface area (Å²) < 4.78 is 11.4. The van der Waals surface area contributed by atoms with E-state index in [0.29, 0.717) is 0 Å². The molecule has 0 saturated carbocycles. The highest BCUT2D eigenvalue weighted by Gasteiger charge is 2.40. The highest BCUT2D eigenvalue weighted by Crippen LogP contribution is 2.37. The first-order valence-corrected chi connectivity index (χ1v) is 10.6. The van der Waals surface area contributed by atoms with Gasteiger partial charge in [0.15, 0.2) is 8.32 Å². The minimum Gasteiger partial charge on any atom is -0.460 e. The van der Waals surface area contributed by atoms with E-state index in [1.54, 1.807) is 0 Å². The molecule has 5 heteroatoms. The molecule has 124 valence electrons. The third kappa shape index (κ3) is 5.23. The molecular weight excluding hydrogens is 294 g/mol. The maximum absolute atomic E-state index is 12.1. The number of rotatable bonds is 6. The lowest BCUT2D eigenvalue weighted by atomic mass is 10.2. The van der Waals surface area contributed by atoms with Crippen molar-refractivity contribution in [2.75, 3.05) is 0 Å². The van der Waals surface area contributed by atoms with Crippen molar-refractivity contribution in [2.24, 2.45) is 5.73 Å². The van der Waals surface area contributed by atoms with Crippen molar-refractivity contribution in [3.8, 4) is 0 Å². The van der Waals surface area contributed by atoms with Crippen LogP contribution >= 0.6 is 0 Å². The molecule has 0 aliphatic rings. The fourth-order valence-electron chi connectivity index (χ4n) is 1.73. The van der Waals surface area contributed by atoms with Gasteiger partial charge in [0.25, 0.3) is 0 Å². The molecule has 1 aromatic carbocycles. The van der Waals surface area contributed by atoms with E-state index in [1.165, 1.54) is 0 Å². The Morgan fingerprint density at radius 3 is 2.27 bits per heavy atom. The van der Waals surface area contributed by atoms with Crippen LogP contribution in [0, 0.1) is 0 Å². The standard InChI is InChI=1S/C17H29NO3Si/c1-13(21-22(5,6)17(2,3)4)15(18)16(19)20-12-14-10-8-7-9-11-14/h7-11,13,15H,12,18H2,1-6H3/t13-,15+/m1/s1. The van der Waals surface area contributed by atoms with Crippen LogP contribution in [0.3, 0.4) is 0 Å². The number of carbonyl (C=O) groups is 1. The zero-order valence-electron chi connectivity index (χ0n) is 14.6. The maximum Gasteiger partial charge on any atom is 0.325 e. The molecule has 0 amide bonds. The lowest BCUT2D eigenvalue weighted by Crippen LogP contribution is -2.51. The second kappa shape index (κ2) is 7.40. The molecule has 0 spiro atoms. The lowest BCUT2D eigenvalue weighted by molar-refractivity contribution is -0.148. The Hall–Kier alpha value is -1.17. The van der Waals surface area contributed by atoms with Gasteiger partial charge < -0.3 is 14.9 Å². The number of esters is 1. The fourth-order valence-corrected chi connectivity index (χ4v) is 3.16. The van der Waals surface area contributed by atoms with Gasteiger partial charge in [0.2, 0.25) is 0 Å². The van der Waals surface area contributed by atoms with Crippen molar-refractivity contribution in [1.82, 2.24) is 0 Å². The molecule has 0 radical (unpaired) electrons. The molecule has 0 unspecified atom stereocenters. The van der Waals surface area contributed by atoms with Gasteiger partial charge in [0, 0.05) is 0 Å². The van der Waals surface area contributed by atoms with Crippen molar-refractivity contribution in [1.29, 1.82) is 0 Å². The first-order valence-electron chi connectivity index (χ1n) is 7.68. The van der Waals surface area contributed by atoms with Crippen molar-refractivity contribution in [3.63, 3.8) is 0 Å². The predicted molar refractivity (Wildman–Crippen MR) is 92.0 cm³/mol. The van der Waals surface area contributed by atoms with Gasteiger partial charge in [0.05, 0.1) is 6.10 Å². The van der Waals surface area contributed by atoms with Crippen LogP contribution in [0.4, 0.5) is 0 Å². The number of ether oxygens (including phenoxy) is 1. The molecule has 0 aliphatic heterocycles. The molecule has 1 aromatic rings. The van der Waals surface area contributed by atoms with Crippen molar-refractivity contribution < 1.29 is 14.0 Å². The summed E-state index contributed by atoms with van der Waals surface area (Å²) in [6.45, 7) is 12.8. The van der Waals surface area contributed by atoms with Gasteiger partial charge in [-0.25, -0.2) is 0 Å². The second-order valence-corrected chi connectivity index (χ2v) is 12.0. The number of carbonyl (C=O) groups excluding carboxylic acids is 1. The van der Waals surface area contributed by atoms with Gasteiger partial charge in [0.1, 0.15) is 12.6 Å². The monoisotopic (exact) mass is 323 g/mol. The van der Waals surface area contributed by atoms with Gasteiger partial charge in [-0.1, -0.05) is 51.1 Å². The van der Waals surface area contributed by atoms with Crippen molar-refractivity contribution in [2.45, 2.75) is 64.6 Å². The molecule has 1 rings (SSSR count). The molecule has 4 nitrogen and oxygen atoms in total. The average Bonchev–Trinajstić information content (AvgIpc) is 2.43. The Bertz CT molecular complexity index is 482. The molecule has 2 atom stereocenters. The molecule has 22 heavy (non-hydrogen) atoms. The predicted octanol–water partition coefficient (Wildman–Crippen LogP) is 3.47. The van der Waals surface area contributed by atoms with Crippen molar-refractivity contribution in [3.05, 3.63) is 35.9 Å². The van der Waals surface area contributed by atoms with Crippen LogP contribution in [0.5, 0.6) is 0 Å². The first-order chi connectivity index (χ1) is 10.0. The summed E-state index contributed by atoms with van der Waals surface area (Å²) in [6.07, 6.45) is -0.357. The number of nitrogens with two attached hydrogens (primary N) is 1. The summed E-state index contributed by atoms with van der Waals surface area (Å²) in [6, 6.07) is 8.80. The van der Waals surface area contributed by atoms with Crippen LogP contribution in [0.1, 0.15) is 33.3 Å². The zero-order valence-corrected chi connectivity index (χ0v) is 15.6. The molecular formula is C17H29NO3Si. The molecule has 0 saturated heterocycles. The summed E-state index contributed by atoms with van der Waals surface area (Å²) in [7, 11) is -1.95. The topological polar surface area (TPSA) is 61.5 Å². The maximum atomic E-state index is 12.1. The Kier molecular flexibility index (Phi) is 6.34. The van der Waals surface area contributed by atoms with Crippen LogP contribution in [-0.4, -0.2) is 26.4 Å². The molecule has 0 aliphatic carbocycles. The quantitative estimate of drug-likeness (QED) is 0.643. The number of hydrogen-bond donors (Lipinski definition) is 1. The molecule has 0 fully saturated rings. The van der Waals surface area contributed by atoms with Crippen LogP contribution < -0.4 is 5.73 Å². The largest absolute Gasteiger partial charge is 0.460 e. The summed E-state index contributed by atoms with van der Waals surface area (Å²) in [5.74, 6) is -0.421. The smallest absolute Gasteiger partial charge is 0.325 e. The van der Waals surface area contributed by atoms with Crippen LogP contribution in [0.25, 0.3) is 0 Å². The van der Waals surface area contributed by atoms with E-state index in [0.717, 1.165) is 5.56 Å². The van der Waals surface area contributed by atoms with E-state index in [4.69, 9.17) is 14.9 Å². The first kappa shape index (κ1) is 18.9. The molecule has 0 bridgehead atoms. The second-order valence-electron chi connectivity index (χ2n) is 7.20. The normalized spacial score (nSPS) is 15.2. The van der Waals surface area contributed by atoms with Crippen LogP contribution in [0.15, 0.2) is 30.3 Å². The molecule has 0 aromatic heterocycles. The van der Waals surface area contributed by atoms with E-state index in [2.05, 4.69) is 33.9 Å². The number of benzene rings is 1. The number of hydrogen-bond acceptors (Lipinski definition) is 4. The molecule has 0 heterocycles. The Morgan fingerprint density at radius 1 is 1.23 bits per heavy atom. The molecule has 2 N–H and O–H groups in total. The SMILES string of the molecule is C[C@@H](O[Si](C)(C)C(C)(C)C)[C@H](N)C(=O)OCc1ccccc1. The van der Waals surface area contributed by atoms with Gasteiger partial charge in [-0.05, 0) is 30.6 Å². The van der Waals surface area contributed by atoms with Gasteiger partial charge in [-0.15, -0.1) is 0 Å². The van der Waals surface area contributed by atoms with E-state index < -0.39 is 20.3 Å². The highest BCUT2D eigenvalue weighted by molar-refractivity contribution is 6.74.